The third-order valence-corrected chi connectivity index (χ3v) is 3.81. The van der Waals surface area contributed by atoms with E-state index in [9.17, 15) is 0 Å². The maximum Gasteiger partial charge on any atom is 0.0468 e. The molecule has 0 spiro atoms. The Morgan fingerprint density at radius 1 is 1.18 bits per heavy atom. The topological polar surface area (TPSA) is 12.0 Å². The van der Waals surface area contributed by atoms with Gasteiger partial charge in [-0.3, -0.25) is 0 Å². The second-order valence-corrected chi connectivity index (χ2v) is 7.54. The van der Waals surface area contributed by atoms with E-state index in [-0.39, 0.29) is 0 Å². The Morgan fingerprint density at radius 2 is 1.82 bits per heavy atom. The van der Waals surface area contributed by atoms with Crippen LogP contribution >= 0.6 is 0 Å². The average Bonchev–Trinajstić information content (AvgIpc) is 2.42. The minimum Gasteiger partial charge on any atom is -0.379 e. The molecule has 1 N–H and O–H groups in total. The summed E-state index contributed by atoms with van der Waals surface area (Å²) in [5.74, 6) is 0. The second-order valence-electron chi connectivity index (χ2n) is 7.54. The first-order chi connectivity index (χ1) is 10.2. The highest BCUT2D eigenvalue weighted by Gasteiger charge is 2.09. The lowest BCUT2D eigenvalue weighted by Gasteiger charge is -2.20. The normalized spacial score (nSPS) is 14.6. The standard InChI is InChI=1S/C21H37N/c1-9-12-20(17(3)4)22-19(10-2)14-11-13-18(5)15-16-21(6,7)8/h10,13-14,20,22H,2-3,9,11-12,15-16H2,1,4-8H3/b18-13+,19-14+. The molecule has 1 nitrogen and oxygen atoms in total. The predicted octanol–water partition coefficient (Wildman–Crippen LogP) is 6.55. The van der Waals surface area contributed by atoms with Gasteiger partial charge in [-0.15, -0.1) is 0 Å². The van der Waals surface area contributed by atoms with E-state index in [2.05, 4.69) is 72.2 Å². The van der Waals surface area contributed by atoms with Crippen LogP contribution in [0.25, 0.3) is 0 Å². The molecule has 0 saturated heterocycles. The fourth-order valence-corrected chi connectivity index (χ4v) is 2.19. The zero-order valence-corrected chi connectivity index (χ0v) is 15.8. The third-order valence-electron chi connectivity index (χ3n) is 3.81. The molecule has 0 radical (unpaired) electrons. The molecule has 1 atom stereocenters. The molecule has 0 rings (SSSR count). The van der Waals surface area contributed by atoms with Crippen LogP contribution in [0, 0.1) is 5.41 Å². The lowest BCUT2D eigenvalue weighted by Crippen LogP contribution is -2.28. The van der Waals surface area contributed by atoms with E-state index in [4.69, 9.17) is 0 Å². The third kappa shape index (κ3) is 10.5. The summed E-state index contributed by atoms with van der Waals surface area (Å²) < 4.78 is 0. The van der Waals surface area contributed by atoms with Gasteiger partial charge < -0.3 is 5.32 Å². The Bertz CT molecular complexity index is 404. The smallest absolute Gasteiger partial charge is 0.0468 e. The van der Waals surface area contributed by atoms with E-state index >= 15 is 0 Å². The van der Waals surface area contributed by atoms with Crippen LogP contribution in [0.2, 0.25) is 0 Å². The van der Waals surface area contributed by atoms with Crippen molar-refractivity contribution in [3.8, 4) is 0 Å². The number of hydrogen-bond acceptors (Lipinski definition) is 1. The van der Waals surface area contributed by atoms with Crippen molar-refractivity contribution in [2.45, 2.75) is 79.7 Å². The molecule has 1 unspecified atom stereocenters. The molecule has 0 aromatic rings. The first kappa shape index (κ1) is 20.8. The molecule has 0 saturated carbocycles. The summed E-state index contributed by atoms with van der Waals surface area (Å²) in [4.78, 5) is 0. The Kier molecular flexibility index (Phi) is 9.89. The largest absolute Gasteiger partial charge is 0.379 e. The average molecular weight is 304 g/mol. The summed E-state index contributed by atoms with van der Waals surface area (Å²) >= 11 is 0. The van der Waals surface area contributed by atoms with Gasteiger partial charge in [0.2, 0.25) is 0 Å². The second kappa shape index (κ2) is 10.5. The van der Waals surface area contributed by atoms with E-state index in [1.807, 2.05) is 6.08 Å². The SMILES string of the molecule is C=C/C(=C\C/C=C(\C)CCC(C)(C)C)NC(CCC)C(=C)C. The minimum absolute atomic E-state index is 0.347. The molecule has 1 heteroatoms. The van der Waals surface area contributed by atoms with Gasteiger partial charge in [0.1, 0.15) is 0 Å². The Labute approximate surface area is 139 Å². The molecule has 0 bridgehead atoms. The van der Waals surface area contributed by atoms with Gasteiger partial charge in [-0.05, 0) is 51.0 Å². The highest BCUT2D eigenvalue weighted by atomic mass is 14.9. The molecule has 0 aromatic carbocycles. The van der Waals surface area contributed by atoms with Crippen molar-refractivity contribution in [2.24, 2.45) is 5.41 Å². The Hall–Kier alpha value is -1.24. The van der Waals surface area contributed by atoms with Crippen LogP contribution in [0.1, 0.15) is 73.6 Å². The quantitative estimate of drug-likeness (QED) is 0.356. The monoisotopic (exact) mass is 303 g/mol. The van der Waals surface area contributed by atoms with Crippen molar-refractivity contribution >= 4 is 0 Å². The zero-order chi connectivity index (χ0) is 17.2. The minimum atomic E-state index is 0.347. The molecule has 0 fully saturated rings. The van der Waals surface area contributed by atoms with Crippen molar-refractivity contribution in [3.63, 3.8) is 0 Å². The van der Waals surface area contributed by atoms with Crippen molar-refractivity contribution < 1.29 is 0 Å². The number of allylic oxidation sites excluding steroid dienone is 4. The highest BCUT2D eigenvalue weighted by molar-refractivity contribution is 5.20. The molecule has 0 aromatic heterocycles. The lowest BCUT2D eigenvalue weighted by molar-refractivity contribution is 0.377. The van der Waals surface area contributed by atoms with Crippen molar-refractivity contribution in [1.29, 1.82) is 0 Å². The number of hydrogen-bond donors (Lipinski definition) is 1. The number of rotatable bonds is 10. The van der Waals surface area contributed by atoms with Crippen molar-refractivity contribution in [3.05, 3.63) is 48.2 Å². The van der Waals surface area contributed by atoms with Crippen LogP contribution in [0.3, 0.4) is 0 Å². The van der Waals surface area contributed by atoms with E-state index < -0.39 is 0 Å². The van der Waals surface area contributed by atoms with Crippen LogP contribution in [-0.4, -0.2) is 6.04 Å². The summed E-state index contributed by atoms with van der Waals surface area (Å²) in [7, 11) is 0. The van der Waals surface area contributed by atoms with Crippen LogP contribution < -0.4 is 5.32 Å². The summed E-state index contributed by atoms with van der Waals surface area (Å²) in [5.41, 5.74) is 4.18. The van der Waals surface area contributed by atoms with Crippen molar-refractivity contribution in [2.75, 3.05) is 0 Å². The first-order valence-corrected chi connectivity index (χ1v) is 8.59. The maximum atomic E-state index is 4.08. The maximum absolute atomic E-state index is 4.08. The molecule has 0 aliphatic carbocycles. The molecule has 22 heavy (non-hydrogen) atoms. The fourth-order valence-electron chi connectivity index (χ4n) is 2.19. The van der Waals surface area contributed by atoms with Crippen molar-refractivity contribution in [1.82, 2.24) is 5.32 Å². The van der Waals surface area contributed by atoms with Gasteiger partial charge in [-0.25, -0.2) is 0 Å². The Morgan fingerprint density at radius 3 is 2.27 bits per heavy atom. The van der Waals surface area contributed by atoms with Gasteiger partial charge in [-0.2, -0.15) is 0 Å². The van der Waals surface area contributed by atoms with E-state index in [1.165, 1.54) is 24.0 Å². The van der Waals surface area contributed by atoms with Crippen LogP contribution in [0.15, 0.2) is 48.2 Å². The molecule has 0 aliphatic heterocycles. The van der Waals surface area contributed by atoms with Gasteiger partial charge in [0.05, 0.1) is 0 Å². The van der Waals surface area contributed by atoms with Gasteiger partial charge in [-0.1, -0.05) is 70.6 Å². The summed E-state index contributed by atoms with van der Waals surface area (Å²) in [6, 6.07) is 0.347. The van der Waals surface area contributed by atoms with Crippen LogP contribution in [-0.2, 0) is 0 Å². The predicted molar refractivity (Wildman–Crippen MR) is 102 cm³/mol. The number of nitrogens with one attached hydrogen (secondary N) is 1. The van der Waals surface area contributed by atoms with Crippen LogP contribution in [0.4, 0.5) is 0 Å². The van der Waals surface area contributed by atoms with E-state index in [0.717, 1.165) is 25.0 Å². The summed E-state index contributed by atoms with van der Waals surface area (Å²) in [6.45, 7) is 21.4. The molecular weight excluding hydrogens is 266 g/mol. The summed E-state index contributed by atoms with van der Waals surface area (Å²) in [6.07, 6.45) is 12.1. The van der Waals surface area contributed by atoms with Crippen LogP contribution in [0.5, 0.6) is 0 Å². The molecule has 0 aliphatic rings. The molecule has 0 heterocycles. The zero-order valence-electron chi connectivity index (χ0n) is 15.8. The summed E-state index contributed by atoms with van der Waals surface area (Å²) in [5, 5.41) is 3.55. The molecule has 0 amide bonds. The van der Waals surface area contributed by atoms with Gasteiger partial charge >= 0.3 is 0 Å². The van der Waals surface area contributed by atoms with E-state index in [0.29, 0.717) is 11.5 Å². The Balaban J connectivity index is 4.53. The van der Waals surface area contributed by atoms with Gasteiger partial charge in [0.15, 0.2) is 0 Å². The van der Waals surface area contributed by atoms with Gasteiger partial charge in [0.25, 0.3) is 0 Å². The molecule has 126 valence electrons. The lowest BCUT2D eigenvalue weighted by atomic mass is 9.89. The molecular formula is C21H37N. The highest BCUT2D eigenvalue weighted by Crippen LogP contribution is 2.23. The van der Waals surface area contributed by atoms with E-state index in [1.54, 1.807) is 0 Å². The first-order valence-electron chi connectivity index (χ1n) is 8.59. The van der Waals surface area contributed by atoms with Gasteiger partial charge in [0, 0.05) is 11.7 Å². The fraction of sp³-hybridized carbons (Fsp3) is 0.619.